The quantitative estimate of drug-likeness (QED) is 0.411. The van der Waals surface area contributed by atoms with Crippen LogP contribution < -0.4 is 20.1 Å². The van der Waals surface area contributed by atoms with Crippen LogP contribution in [0.2, 0.25) is 0 Å². The molecule has 0 unspecified atom stereocenters. The number of hydrogen-bond donors (Lipinski definition) is 4. The van der Waals surface area contributed by atoms with Crippen molar-refractivity contribution >= 4 is 23.3 Å². The molecule has 0 spiro atoms. The summed E-state index contributed by atoms with van der Waals surface area (Å²) in [5.74, 6) is -4.08. The van der Waals surface area contributed by atoms with Crippen LogP contribution >= 0.6 is 12.2 Å². The second kappa shape index (κ2) is 7.87. The van der Waals surface area contributed by atoms with E-state index in [2.05, 4.69) is 5.32 Å². The van der Waals surface area contributed by atoms with Gasteiger partial charge in [-0.25, -0.2) is 0 Å². The van der Waals surface area contributed by atoms with Crippen molar-refractivity contribution in [2.24, 2.45) is 5.92 Å². The number of carbonyl (C=O) groups excluding carboxylic acids is 1. The number of rotatable bonds is 5. The van der Waals surface area contributed by atoms with Crippen molar-refractivity contribution in [3.63, 3.8) is 0 Å². The summed E-state index contributed by atoms with van der Waals surface area (Å²) >= 11 is 4.81. The minimum Gasteiger partial charge on any atom is -0.502 e. The van der Waals surface area contributed by atoms with E-state index in [9.17, 15) is 28.2 Å². The van der Waals surface area contributed by atoms with Crippen molar-refractivity contribution in [1.82, 2.24) is 10.6 Å². The lowest BCUT2D eigenvalue weighted by molar-refractivity contribution is -0.292. The third kappa shape index (κ3) is 3.74. The average molecular weight is 424 g/mol. The van der Waals surface area contributed by atoms with Gasteiger partial charge in [-0.1, -0.05) is 0 Å². The molecule has 0 radical (unpaired) electrons. The van der Waals surface area contributed by atoms with Crippen molar-refractivity contribution in [2.45, 2.75) is 24.9 Å². The number of aromatic hydroxyl groups is 1. The summed E-state index contributed by atoms with van der Waals surface area (Å²) < 4.78 is 55.9. The van der Waals surface area contributed by atoms with Crippen LogP contribution in [-0.4, -0.2) is 54.0 Å². The molecule has 1 heterocycles. The second-order valence-corrected chi connectivity index (χ2v) is 6.25. The number of ether oxygens (including phenoxy) is 3. The van der Waals surface area contributed by atoms with E-state index in [0.29, 0.717) is 0 Å². The highest BCUT2D eigenvalue weighted by atomic mass is 32.1. The average Bonchev–Trinajstić information content (AvgIpc) is 2.60. The zero-order chi connectivity index (χ0) is 21.3. The Balaban J connectivity index is 2.68. The molecular formula is C16H19F3N2O6S. The van der Waals surface area contributed by atoms with Gasteiger partial charge in [-0.15, -0.1) is 0 Å². The van der Waals surface area contributed by atoms with E-state index >= 15 is 0 Å². The molecule has 0 aromatic heterocycles. The van der Waals surface area contributed by atoms with Crippen molar-refractivity contribution in [2.75, 3.05) is 20.8 Å². The topological polar surface area (TPSA) is 109 Å². The van der Waals surface area contributed by atoms with Gasteiger partial charge in [0.1, 0.15) is 5.92 Å². The highest BCUT2D eigenvalue weighted by Crippen LogP contribution is 2.46. The molecule has 3 atom stereocenters. The Morgan fingerprint density at radius 3 is 2.25 bits per heavy atom. The Bertz CT molecular complexity index is 750. The molecule has 4 N–H and O–H groups in total. The number of phenolic OH excluding ortho intramolecular Hbond substituents is 1. The summed E-state index contributed by atoms with van der Waals surface area (Å²) in [6.07, 6.45) is -5.26. The fourth-order valence-electron chi connectivity index (χ4n) is 2.91. The van der Waals surface area contributed by atoms with Crippen LogP contribution in [0.15, 0.2) is 12.1 Å². The predicted octanol–water partition coefficient (Wildman–Crippen LogP) is 1.36. The number of benzene rings is 1. The number of aliphatic hydroxyl groups is 1. The van der Waals surface area contributed by atoms with Crippen molar-refractivity contribution in [3.05, 3.63) is 17.7 Å². The number of thiocarbonyl (C=S) groups is 1. The van der Waals surface area contributed by atoms with Gasteiger partial charge in [0.25, 0.3) is 5.72 Å². The first-order valence-electron chi connectivity index (χ1n) is 7.99. The van der Waals surface area contributed by atoms with Gasteiger partial charge in [0.2, 0.25) is 5.75 Å². The van der Waals surface area contributed by atoms with E-state index in [1.807, 2.05) is 0 Å². The maximum Gasteiger partial charge on any atom is 0.437 e. The molecule has 1 aromatic carbocycles. The van der Waals surface area contributed by atoms with Gasteiger partial charge in [-0.05, 0) is 36.8 Å². The number of phenols is 1. The molecule has 156 valence electrons. The number of halogens is 3. The Morgan fingerprint density at radius 2 is 1.82 bits per heavy atom. The molecule has 1 fully saturated rings. The van der Waals surface area contributed by atoms with Gasteiger partial charge in [0.15, 0.2) is 16.6 Å². The molecule has 0 saturated carbocycles. The van der Waals surface area contributed by atoms with Gasteiger partial charge in [0.05, 0.1) is 26.9 Å². The number of hydrogen-bond acceptors (Lipinski definition) is 7. The SMILES string of the molecule is CCOC(=O)[C@H]1[C@H](c2cc(OC)c(O)c(OC)c2)NC(=S)N[C@]1(O)C(F)(F)F. The van der Waals surface area contributed by atoms with Crippen LogP contribution in [-0.2, 0) is 9.53 Å². The summed E-state index contributed by atoms with van der Waals surface area (Å²) in [6, 6.07) is 0.932. The van der Waals surface area contributed by atoms with Gasteiger partial charge in [0, 0.05) is 0 Å². The van der Waals surface area contributed by atoms with Crippen LogP contribution in [0.4, 0.5) is 13.2 Å². The number of esters is 1. The van der Waals surface area contributed by atoms with Gasteiger partial charge in [-0.2, -0.15) is 13.2 Å². The van der Waals surface area contributed by atoms with Crippen molar-refractivity contribution in [3.8, 4) is 17.2 Å². The molecular weight excluding hydrogens is 405 g/mol. The fourth-order valence-corrected chi connectivity index (χ4v) is 3.19. The normalized spacial score (nSPS) is 24.8. The summed E-state index contributed by atoms with van der Waals surface area (Å²) in [5, 5.41) is 24.2. The standard InChI is InChI=1S/C16H19F3N2O6S/c1-4-27-13(23)10-11(20-14(28)21-15(10,24)16(17,18)19)7-5-8(25-2)12(22)9(6-7)26-3/h5-6,10-11,22,24H,4H2,1-3H3,(H2,20,21,28)/t10-,11+,15-/m1/s1. The first-order valence-corrected chi connectivity index (χ1v) is 8.40. The Hall–Kier alpha value is -2.47. The van der Waals surface area contributed by atoms with Crippen LogP contribution in [0.5, 0.6) is 17.2 Å². The molecule has 0 aliphatic carbocycles. The molecule has 1 aliphatic heterocycles. The fraction of sp³-hybridized carbons (Fsp3) is 0.500. The molecule has 1 aromatic rings. The summed E-state index contributed by atoms with van der Waals surface area (Å²) in [6.45, 7) is 1.21. The van der Waals surface area contributed by atoms with Crippen molar-refractivity contribution in [1.29, 1.82) is 0 Å². The lowest BCUT2D eigenvalue weighted by atomic mass is 9.82. The molecule has 8 nitrogen and oxygen atoms in total. The van der Waals surface area contributed by atoms with Crippen LogP contribution in [0.25, 0.3) is 0 Å². The van der Waals surface area contributed by atoms with E-state index in [1.54, 1.807) is 5.32 Å². The summed E-state index contributed by atoms with van der Waals surface area (Å²) in [4.78, 5) is 12.4. The molecule has 2 rings (SSSR count). The maximum atomic E-state index is 13.7. The number of nitrogens with one attached hydrogen (secondary N) is 2. The van der Waals surface area contributed by atoms with Gasteiger partial charge < -0.3 is 35.1 Å². The van der Waals surface area contributed by atoms with E-state index in [1.165, 1.54) is 33.3 Å². The van der Waals surface area contributed by atoms with Gasteiger partial charge >= 0.3 is 12.1 Å². The highest BCUT2D eigenvalue weighted by Gasteiger charge is 2.66. The van der Waals surface area contributed by atoms with E-state index in [-0.39, 0.29) is 29.4 Å². The van der Waals surface area contributed by atoms with E-state index < -0.39 is 34.9 Å². The number of carbonyl (C=O) groups is 1. The lowest BCUT2D eigenvalue weighted by Crippen LogP contribution is -2.73. The van der Waals surface area contributed by atoms with Crippen LogP contribution in [0.1, 0.15) is 18.5 Å². The van der Waals surface area contributed by atoms with Crippen LogP contribution in [0, 0.1) is 5.92 Å². The lowest BCUT2D eigenvalue weighted by Gasteiger charge is -2.45. The second-order valence-electron chi connectivity index (χ2n) is 5.84. The predicted molar refractivity (Wildman–Crippen MR) is 93.9 cm³/mol. The zero-order valence-corrected chi connectivity index (χ0v) is 15.9. The maximum absolute atomic E-state index is 13.7. The zero-order valence-electron chi connectivity index (χ0n) is 15.1. The third-order valence-electron chi connectivity index (χ3n) is 4.21. The molecule has 28 heavy (non-hydrogen) atoms. The van der Waals surface area contributed by atoms with Crippen LogP contribution in [0.3, 0.4) is 0 Å². The Morgan fingerprint density at radius 1 is 1.29 bits per heavy atom. The third-order valence-corrected chi connectivity index (χ3v) is 4.43. The minimum absolute atomic E-state index is 0.0380. The first-order chi connectivity index (χ1) is 13.0. The first kappa shape index (κ1) is 21.8. The van der Waals surface area contributed by atoms with E-state index in [4.69, 9.17) is 26.4 Å². The minimum atomic E-state index is -5.26. The summed E-state index contributed by atoms with van der Waals surface area (Å²) in [5.41, 5.74) is -3.65. The number of alkyl halides is 3. The van der Waals surface area contributed by atoms with Gasteiger partial charge in [-0.3, -0.25) is 4.79 Å². The molecule has 1 aliphatic rings. The summed E-state index contributed by atoms with van der Waals surface area (Å²) in [7, 11) is 2.46. The Labute approximate surface area is 163 Å². The Kier molecular flexibility index (Phi) is 6.14. The highest BCUT2D eigenvalue weighted by molar-refractivity contribution is 7.80. The largest absolute Gasteiger partial charge is 0.502 e. The smallest absolute Gasteiger partial charge is 0.437 e. The molecule has 0 bridgehead atoms. The molecule has 0 amide bonds. The molecule has 1 saturated heterocycles. The number of methoxy groups -OCH3 is 2. The monoisotopic (exact) mass is 424 g/mol. The van der Waals surface area contributed by atoms with Crippen molar-refractivity contribution < 1.29 is 42.4 Å². The molecule has 12 heteroatoms. The van der Waals surface area contributed by atoms with E-state index in [0.717, 1.165) is 0 Å².